The molecule has 0 aliphatic carbocycles. The van der Waals surface area contributed by atoms with Crippen molar-refractivity contribution in [3.05, 3.63) is 58.6 Å². The van der Waals surface area contributed by atoms with E-state index in [4.69, 9.17) is 0 Å². The monoisotopic (exact) mass is 430 g/mol. The van der Waals surface area contributed by atoms with Crippen LogP contribution < -0.4 is 5.43 Å². The summed E-state index contributed by atoms with van der Waals surface area (Å²) in [4.78, 5) is 16.7. The lowest BCUT2D eigenvalue weighted by molar-refractivity contribution is -0.118. The molecule has 134 valence electrons. The molecule has 1 aromatic heterocycles. The molecule has 0 spiro atoms. The molecule has 1 heterocycles. The van der Waals surface area contributed by atoms with Crippen molar-refractivity contribution in [3.8, 4) is 0 Å². The lowest BCUT2D eigenvalue weighted by Gasteiger charge is -2.05. The summed E-state index contributed by atoms with van der Waals surface area (Å²) in [5.74, 6) is 0.113. The molecular weight excluding hydrogens is 412 g/mol. The van der Waals surface area contributed by atoms with Gasteiger partial charge in [-0.15, -0.1) is 0 Å². The number of hydrogen-bond donors (Lipinski definition) is 1. The van der Waals surface area contributed by atoms with Crippen molar-refractivity contribution in [3.63, 3.8) is 0 Å². The molecule has 5 nitrogen and oxygen atoms in total. The first-order chi connectivity index (χ1) is 12.6. The van der Waals surface area contributed by atoms with Gasteiger partial charge in [0.15, 0.2) is 5.16 Å². The van der Waals surface area contributed by atoms with Crippen LogP contribution >= 0.6 is 27.7 Å². The van der Waals surface area contributed by atoms with Crippen molar-refractivity contribution in [2.24, 2.45) is 5.10 Å². The number of carbonyl (C=O) groups is 1. The Bertz CT molecular complexity index is 950. The summed E-state index contributed by atoms with van der Waals surface area (Å²) in [7, 11) is 0. The second-order valence-electron chi connectivity index (χ2n) is 5.66. The molecule has 0 saturated heterocycles. The predicted molar refractivity (Wildman–Crippen MR) is 111 cm³/mol. The molecule has 26 heavy (non-hydrogen) atoms. The summed E-state index contributed by atoms with van der Waals surface area (Å²) < 4.78 is 3.12. The number of rotatable bonds is 6. The van der Waals surface area contributed by atoms with E-state index < -0.39 is 0 Å². The van der Waals surface area contributed by atoms with Crippen LogP contribution in [0.2, 0.25) is 0 Å². The van der Waals surface area contributed by atoms with E-state index in [1.54, 1.807) is 0 Å². The maximum atomic E-state index is 12.1. The normalized spacial score (nSPS) is 11.7. The molecule has 0 unspecified atom stereocenters. The first-order valence-corrected chi connectivity index (χ1v) is 10.0. The Morgan fingerprint density at radius 2 is 1.96 bits per heavy atom. The molecule has 0 fully saturated rings. The minimum absolute atomic E-state index is 0.152. The van der Waals surface area contributed by atoms with Gasteiger partial charge >= 0.3 is 0 Å². The SMILES string of the molecule is CCn1c(SCC(=O)N/N=C(\C)c2ccc(Br)cc2)nc2ccccc21. The molecule has 0 atom stereocenters. The maximum absolute atomic E-state index is 12.1. The molecule has 1 amide bonds. The van der Waals surface area contributed by atoms with Gasteiger partial charge in [-0.2, -0.15) is 5.10 Å². The highest BCUT2D eigenvalue weighted by Crippen LogP contribution is 2.23. The third kappa shape index (κ3) is 4.34. The maximum Gasteiger partial charge on any atom is 0.250 e. The molecule has 1 N–H and O–H groups in total. The number of aromatic nitrogens is 2. The second kappa shape index (κ2) is 8.51. The van der Waals surface area contributed by atoms with Gasteiger partial charge in [-0.3, -0.25) is 4.79 Å². The summed E-state index contributed by atoms with van der Waals surface area (Å²) >= 11 is 4.82. The van der Waals surface area contributed by atoms with Gasteiger partial charge in [0.2, 0.25) is 0 Å². The average Bonchev–Trinajstić information content (AvgIpc) is 3.02. The number of halogens is 1. The van der Waals surface area contributed by atoms with Crippen LogP contribution in [-0.4, -0.2) is 26.9 Å². The van der Waals surface area contributed by atoms with Gasteiger partial charge in [-0.25, -0.2) is 10.4 Å². The Balaban J connectivity index is 1.62. The molecule has 0 saturated carbocycles. The van der Waals surface area contributed by atoms with E-state index in [1.807, 2.05) is 55.5 Å². The fraction of sp³-hybridized carbons (Fsp3) is 0.211. The average molecular weight is 431 g/mol. The zero-order valence-electron chi connectivity index (χ0n) is 14.6. The quantitative estimate of drug-likeness (QED) is 0.356. The van der Waals surface area contributed by atoms with Crippen molar-refractivity contribution in [1.82, 2.24) is 15.0 Å². The molecule has 0 bridgehead atoms. The predicted octanol–water partition coefficient (Wildman–Crippen LogP) is 4.45. The lowest BCUT2D eigenvalue weighted by atomic mass is 10.1. The number of para-hydroxylation sites is 2. The Morgan fingerprint density at radius 3 is 2.69 bits per heavy atom. The molecule has 3 rings (SSSR count). The molecular formula is C19H19BrN4OS. The number of imidazole rings is 1. The van der Waals surface area contributed by atoms with E-state index in [9.17, 15) is 4.79 Å². The van der Waals surface area contributed by atoms with Crippen LogP contribution in [0.25, 0.3) is 11.0 Å². The lowest BCUT2D eigenvalue weighted by Crippen LogP contribution is -2.21. The summed E-state index contributed by atoms with van der Waals surface area (Å²) in [5.41, 5.74) is 6.37. The van der Waals surface area contributed by atoms with Crippen molar-refractivity contribution in [2.75, 3.05) is 5.75 Å². The second-order valence-corrected chi connectivity index (χ2v) is 7.51. The van der Waals surface area contributed by atoms with Crippen LogP contribution in [-0.2, 0) is 11.3 Å². The zero-order chi connectivity index (χ0) is 18.5. The summed E-state index contributed by atoms with van der Waals surface area (Å²) in [6.07, 6.45) is 0. The van der Waals surface area contributed by atoms with Crippen molar-refractivity contribution >= 4 is 50.3 Å². The van der Waals surface area contributed by atoms with Crippen LogP contribution in [0.1, 0.15) is 19.4 Å². The number of benzene rings is 2. The number of nitrogens with one attached hydrogen (secondary N) is 1. The summed E-state index contributed by atoms with van der Waals surface area (Å²) in [6.45, 7) is 4.75. The van der Waals surface area contributed by atoms with E-state index in [1.165, 1.54) is 11.8 Å². The van der Waals surface area contributed by atoms with Crippen LogP contribution in [0.4, 0.5) is 0 Å². The van der Waals surface area contributed by atoms with E-state index in [0.717, 1.165) is 38.5 Å². The Morgan fingerprint density at radius 1 is 1.23 bits per heavy atom. The first-order valence-electron chi connectivity index (χ1n) is 8.25. The molecule has 3 aromatic rings. The first kappa shape index (κ1) is 18.7. The highest BCUT2D eigenvalue weighted by Gasteiger charge is 2.11. The number of amides is 1. The number of hydrogen-bond acceptors (Lipinski definition) is 4. The third-order valence-corrected chi connectivity index (χ3v) is 5.38. The van der Waals surface area contributed by atoms with Gasteiger partial charge in [0.05, 0.1) is 22.5 Å². The number of thioether (sulfide) groups is 1. The van der Waals surface area contributed by atoms with E-state index in [2.05, 4.69) is 42.9 Å². The van der Waals surface area contributed by atoms with Crippen molar-refractivity contribution in [1.29, 1.82) is 0 Å². The Kier molecular flexibility index (Phi) is 6.11. The minimum Gasteiger partial charge on any atom is -0.319 e. The Labute approximate surface area is 165 Å². The van der Waals surface area contributed by atoms with E-state index in [-0.39, 0.29) is 11.7 Å². The summed E-state index contributed by atoms with van der Waals surface area (Å²) in [6, 6.07) is 15.8. The fourth-order valence-electron chi connectivity index (χ4n) is 2.53. The van der Waals surface area contributed by atoms with Crippen molar-refractivity contribution in [2.45, 2.75) is 25.5 Å². The molecule has 0 radical (unpaired) electrons. The van der Waals surface area contributed by atoms with E-state index in [0.29, 0.717) is 0 Å². The molecule has 7 heteroatoms. The van der Waals surface area contributed by atoms with Gasteiger partial charge in [0, 0.05) is 11.0 Å². The smallest absolute Gasteiger partial charge is 0.250 e. The summed E-state index contributed by atoms with van der Waals surface area (Å²) in [5, 5.41) is 5.03. The highest BCUT2D eigenvalue weighted by molar-refractivity contribution is 9.10. The van der Waals surface area contributed by atoms with Gasteiger partial charge in [-0.1, -0.05) is 52.0 Å². The number of carbonyl (C=O) groups excluding carboxylic acids is 1. The molecule has 0 aliphatic heterocycles. The topological polar surface area (TPSA) is 59.3 Å². The third-order valence-electron chi connectivity index (χ3n) is 3.88. The number of aryl methyl sites for hydroxylation is 1. The number of hydrazone groups is 1. The molecule has 2 aromatic carbocycles. The van der Waals surface area contributed by atoms with Crippen LogP contribution in [0.3, 0.4) is 0 Å². The van der Waals surface area contributed by atoms with Crippen molar-refractivity contribution < 1.29 is 4.79 Å². The number of fused-ring (bicyclic) bond motifs is 1. The Hall–Kier alpha value is -2.12. The van der Waals surface area contributed by atoms with Crippen LogP contribution in [0, 0.1) is 0 Å². The van der Waals surface area contributed by atoms with Gasteiger partial charge < -0.3 is 4.57 Å². The van der Waals surface area contributed by atoms with Crippen LogP contribution in [0.5, 0.6) is 0 Å². The fourth-order valence-corrected chi connectivity index (χ4v) is 3.67. The van der Waals surface area contributed by atoms with Gasteiger partial charge in [0.25, 0.3) is 5.91 Å². The standard InChI is InChI=1S/C19H19BrN4OS/c1-3-24-17-7-5-4-6-16(17)21-19(24)26-12-18(25)23-22-13(2)14-8-10-15(20)11-9-14/h4-11H,3,12H2,1-2H3,(H,23,25)/b22-13+. The van der Waals surface area contributed by atoms with Crippen LogP contribution in [0.15, 0.2) is 63.3 Å². The minimum atomic E-state index is -0.152. The van der Waals surface area contributed by atoms with Gasteiger partial charge in [0.1, 0.15) is 0 Å². The number of nitrogens with zero attached hydrogens (tertiary/aromatic N) is 3. The highest BCUT2D eigenvalue weighted by atomic mass is 79.9. The van der Waals surface area contributed by atoms with E-state index >= 15 is 0 Å². The molecule has 0 aliphatic rings. The van der Waals surface area contributed by atoms with Gasteiger partial charge in [-0.05, 0) is 43.7 Å². The largest absolute Gasteiger partial charge is 0.319 e. The zero-order valence-corrected chi connectivity index (χ0v) is 17.0.